The van der Waals surface area contributed by atoms with Gasteiger partial charge in [0.15, 0.2) is 0 Å². The second kappa shape index (κ2) is 3.01. The van der Waals surface area contributed by atoms with Gasteiger partial charge in [0.25, 0.3) is 0 Å². The van der Waals surface area contributed by atoms with Crippen molar-refractivity contribution in [3.05, 3.63) is 0 Å². The van der Waals surface area contributed by atoms with E-state index in [4.69, 9.17) is 0 Å². The highest BCUT2D eigenvalue weighted by molar-refractivity contribution is 5.85. The molecule has 0 unspecified atom stereocenters. The minimum absolute atomic E-state index is 0.0829. The Morgan fingerprint density at radius 1 is 1.54 bits per heavy atom. The Kier molecular flexibility index (Phi) is 2.32. The number of carbonyl (C=O) groups is 2. The van der Waals surface area contributed by atoms with Gasteiger partial charge in [-0.05, 0) is 20.8 Å². The van der Waals surface area contributed by atoms with Crippen molar-refractivity contribution < 1.29 is 14.7 Å². The molecule has 0 radical (unpaired) electrons. The summed E-state index contributed by atoms with van der Waals surface area (Å²) in [6.07, 6.45) is 0.0829. The SMILES string of the molecule is CC(C)(C)N1C[C@H](C(=O)[O-])CC1=O. The average molecular weight is 184 g/mol. The second-order valence-corrected chi connectivity index (χ2v) is 4.40. The first kappa shape index (κ1) is 10.0. The van der Waals surface area contributed by atoms with E-state index in [1.807, 2.05) is 20.8 Å². The first-order valence-electron chi connectivity index (χ1n) is 4.33. The van der Waals surface area contributed by atoms with Crippen molar-refractivity contribution in [1.82, 2.24) is 4.90 Å². The summed E-state index contributed by atoms with van der Waals surface area (Å²) in [7, 11) is 0. The van der Waals surface area contributed by atoms with Crippen LogP contribution in [0, 0.1) is 5.92 Å². The molecule has 4 heteroatoms. The number of aliphatic carboxylic acids is 1. The van der Waals surface area contributed by atoms with Crippen LogP contribution in [0.3, 0.4) is 0 Å². The van der Waals surface area contributed by atoms with E-state index >= 15 is 0 Å². The van der Waals surface area contributed by atoms with E-state index in [1.54, 1.807) is 4.90 Å². The number of hydrogen-bond donors (Lipinski definition) is 0. The van der Waals surface area contributed by atoms with Gasteiger partial charge in [0.1, 0.15) is 0 Å². The Hall–Kier alpha value is -1.06. The zero-order chi connectivity index (χ0) is 10.2. The summed E-state index contributed by atoms with van der Waals surface area (Å²) in [4.78, 5) is 23.5. The van der Waals surface area contributed by atoms with Crippen molar-refractivity contribution in [2.45, 2.75) is 32.7 Å². The molecule has 74 valence electrons. The standard InChI is InChI=1S/C9H15NO3/c1-9(2,3)10-5-6(8(12)13)4-7(10)11/h6H,4-5H2,1-3H3,(H,12,13)/p-1/t6-/m1/s1. The summed E-state index contributed by atoms with van der Waals surface area (Å²) in [6.45, 7) is 5.96. The molecule has 1 heterocycles. The van der Waals surface area contributed by atoms with Crippen LogP contribution < -0.4 is 5.11 Å². The van der Waals surface area contributed by atoms with Crippen LogP contribution in [0.15, 0.2) is 0 Å². The minimum Gasteiger partial charge on any atom is -0.550 e. The number of rotatable bonds is 1. The molecular weight excluding hydrogens is 170 g/mol. The summed E-state index contributed by atoms with van der Waals surface area (Å²) < 4.78 is 0. The highest BCUT2D eigenvalue weighted by atomic mass is 16.4. The lowest BCUT2D eigenvalue weighted by molar-refractivity contribution is -0.311. The van der Waals surface area contributed by atoms with Crippen LogP contribution >= 0.6 is 0 Å². The molecule has 0 aromatic rings. The first-order valence-corrected chi connectivity index (χ1v) is 4.33. The van der Waals surface area contributed by atoms with Crippen molar-refractivity contribution in [3.8, 4) is 0 Å². The molecule has 0 aromatic carbocycles. The van der Waals surface area contributed by atoms with Crippen LogP contribution in [0.2, 0.25) is 0 Å². The largest absolute Gasteiger partial charge is 0.550 e. The smallest absolute Gasteiger partial charge is 0.223 e. The quantitative estimate of drug-likeness (QED) is 0.546. The molecule has 0 N–H and O–H groups in total. The normalized spacial score (nSPS) is 23.8. The minimum atomic E-state index is -1.12. The van der Waals surface area contributed by atoms with Crippen molar-refractivity contribution in [3.63, 3.8) is 0 Å². The maximum Gasteiger partial charge on any atom is 0.223 e. The Bertz CT molecular complexity index is 242. The number of hydrogen-bond acceptors (Lipinski definition) is 3. The molecule has 1 amide bonds. The molecule has 4 nitrogen and oxygen atoms in total. The predicted molar refractivity (Wildman–Crippen MR) is 44.6 cm³/mol. The summed E-state index contributed by atoms with van der Waals surface area (Å²) in [5.41, 5.74) is -0.290. The topological polar surface area (TPSA) is 60.4 Å². The Balaban J connectivity index is 2.73. The molecule has 0 bridgehead atoms. The van der Waals surface area contributed by atoms with Gasteiger partial charge in [0.2, 0.25) is 5.91 Å². The fraction of sp³-hybridized carbons (Fsp3) is 0.778. The Morgan fingerprint density at radius 3 is 2.31 bits per heavy atom. The van der Waals surface area contributed by atoms with Crippen molar-refractivity contribution in [1.29, 1.82) is 0 Å². The molecular formula is C9H14NO3-. The number of nitrogens with zero attached hydrogens (tertiary/aromatic N) is 1. The fourth-order valence-corrected chi connectivity index (χ4v) is 1.51. The van der Waals surface area contributed by atoms with Gasteiger partial charge in [-0.2, -0.15) is 0 Å². The average Bonchev–Trinajstić information content (AvgIpc) is 2.29. The van der Waals surface area contributed by atoms with Gasteiger partial charge in [0.05, 0.1) is 0 Å². The fourth-order valence-electron chi connectivity index (χ4n) is 1.51. The monoisotopic (exact) mass is 184 g/mol. The lowest BCUT2D eigenvalue weighted by atomic mass is 10.1. The highest BCUT2D eigenvalue weighted by Gasteiger charge is 2.36. The highest BCUT2D eigenvalue weighted by Crippen LogP contribution is 2.25. The van der Waals surface area contributed by atoms with Crippen LogP contribution in [0.25, 0.3) is 0 Å². The van der Waals surface area contributed by atoms with Crippen LogP contribution in [0.5, 0.6) is 0 Å². The van der Waals surface area contributed by atoms with E-state index in [9.17, 15) is 14.7 Å². The number of amides is 1. The molecule has 1 aliphatic heterocycles. The second-order valence-electron chi connectivity index (χ2n) is 4.40. The number of carboxylic acid groups (broad SMARTS) is 1. The molecule has 1 saturated heterocycles. The molecule has 1 atom stereocenters. The van der Waals surface area contributed by atoms with Crippen LogP contribution in [0.1, 0.15) is 27.2 Å². The van der Waals surface area contributed by atoms with Gasteiger partial charge in [-0.1, -0.05) is 0 Å². The molecule has 1 aliphatic rings. The van der Waals surface area contributed by atoms with Gasteiger partial charge in [-0.25, -0.2) is 0 Å². The molecule has 1 fully saturated rings. The lowest BCUT2D eigenvalue weighted by Gasteiger charge is -2.32. The third kappa shape index (κ3) is 1.99. The van der Waals surface area contributed by atoms with Gasteiger partial charge in [-0.15, -0.1) is 0 Å². The van der Waals surface area contributed by atoms with E-state index in [1.165, 1.54) is 0 Å². The zero-order valence-corrected chi connectivity index (χ0v) is 8.16. The lowest BCUT2D eigenvalue weighted by Crippen LogP contribution is -2.43. The third-order valence-corrected chi connectivity index (χ3v) is 2.27. The van der Waals surface area contributed by atoms with E-state index in [2.05, 4.69) is 0 Å². The molecule has 0 aromatic heterocycles. The van der Waals surface area contributed by atoms with Gasteiger partial charge in [-0.3, -0.25) is 4.79 Å². The summed E-state index contributed by atoms with van der Waals surface area (Å²) in [5, 5.41) is 10.5. The summed E-state index contributed by atoms with van der Waals surface area (Å²) in [6, 6.07) is 0. The summed E-state index contributed by atoms with van der Waals surface area (Å²) >= 11 is 0. The maximum atomic E-state index is 11.4. The summed E-state index contributed by atoms with van der Waals surface area (Å²) in [5.74, 6) is -1.85. The molecule has 0 saturated carbocycles. The van der Waals surface area contributed by atoms with Crippen molar-refractivity contribution >= 4 is 11.9 Å². The predicted octanol–water partition coefficient (Wildman–Crippen LogP) is -0.617. The zero-order valence-electron chi connectivity index (χ0n) is 8.16. The Morgan fingerprint density at radius 2 is 2.08 bits per heavy atom. The van der Waals surface area contributed by atoms with Gasteiger partial charge >= 0.3 is 0 Å². The van der Waals surface area contributed by atoms with E-state index < -0.39 is 11.9 Å². The van der Waals surface area contributed by atoms with Crippen LogP contribution in [0.4, 0.5) is 0 Å². The van der Waals surface area contributed by atoms with E-state index in [0.29, 0.717) is 0 Å². The van der Waals surface area contributed by atoms with Crippen molar-refractivity contribution in [2.75, 3.05) is 6.54 Å². The third-order valence-electron chi connectivity index (χ3n) is 2.27. The number of carbonyl (C=O) groups excluding carboxylic acids is 2. The Labute approximate surface area is 77.5 Å². The van der Waals surface area contributed by atoms with Crippen molar-refractivity contribution in [2.24, 2.45) is 5.92 Å². The maximum absolute atomic E-state index is 11.4. The number of likely N-dealkylation sites (tertiary alicyclic amines) is 1. The number of carboxylic acids is 1. The van der Waals surface area contributed by atoms with Crippen LogP contribution in [-0.2, 0) is 9.59 Å². The molecule has 0 spiro atoms. The van der Waals surface area contributed by atoms with Crippen LogP contribution in [-0.4, -0.2) is 28.9 Å². The van der Waals surface area contributed by atoms with Gasteiger partial charge < -0.3 is 14.8 Å². The molecule has 1 rings (SSSR count). The molecule has 13 heavy (non-hydrogen) atoms. The van der Waals surface area contributed by atoms with E-state index in [-0.39, 0.29) is 24.4 Å². The molecule has 0 aliphatic carbocycles. The van der Waals surface area contributed by atoms with E-state index in [0.717, 1.165) is 0 Å². The van der Waals surface area contributed by atoms with Gasteiger partial charge in [0, 0.05) is 30.4 Å². The first-order chi connectivity index (χ1) is 5.82.